The van der Waals surface area contributed by atoms with Crippen LogP contribution in [-0.4, -0.2) is 35.7 Å². The molecule has 148 valence electrons. The third-order valence-electron chi connectivity index (χ3n) is 4.52. The van der Waals surface area contributed by atoms with Crippen molar-refractivity contribution in [3.8, 4) is 11.5 Å². The van der Waals surface area contributed by atoms with Crippen LogP contribution in [0.15, 0.2) is 48.5 Å². The molecular weight excluding hydrogens is 354 g/mol. The van der Waals surface area contributed by atoms with Crippen molar-refractivity contribution in [3.63, 3.8) is 0 Å². The molecule has 0 unspecified atom stereocenters. The van der Waals surface area contributed by atoms with Crippen molar-refractivity contribution in [1.82, 2.24) is 14.9 Å². The third-order valence-corrected chi connectivity index (χ3v) is 4.52. The van der Waals surface area contributed by atoms with Crippen LogP contribution in [0.25, 0.3) is 11.0 Å². The number of aromatic nitrogens is 2. The predicted octanol–water partition coefficient (Wildman–Crippen LogP) is 3.58. The van der Waals surface area contributed by atoms with Crippen LogP contribution in [0.1, 0.15) is 25.6 Å². The number of imidazole rings is 1. The molecule has 3 rings (SSSR count). The third kappa shape index (κ3) is 4.82. The molecule has 1 heterocycles. The van der Waals surface area contributed by atoms with Crippen LogP contribution in [0, 0.1) is 0 Å². The molecule has 6 heteroatoms. The van der Waals surface area contributed by atoms with Gasteiger partial charge in [0.25, 0.3) is 0 Å². The molecule has 0 aliphatic rings. The van der Waals surface area contributed by atoms with Gasteiger partial charge in [0, 0.05) is 19.4 Å². The van der Waals surface area contributed by atoms with Crippen molar-refractivity contribution in [3.05, 3.63) is 54.4 Å². The summed E-state index contributed by atoms with van der Waals surface area (Å²) in [5.74, 6) is 2.48. The van der Waals surface area contributed by atoms with Crippen LogP contribution >= 0.6 is 0 Å². The fourth-order valence-corrected chi connectivity index (χ4v) is 3.18. The Kier molecular flexibility index (Phi) is 6.89. The number of rotatable bonds is 10. The first kappa shape index (κ1) is 19.7. The van der Waals surface area contributed by atoms with Crippen molar-refractivity contribution >= 4 is 16.9 Å². The number of carbonyl (C=O) groups excluding carboxylic acids is 1. The van der Waals surface area contributed by atoms with E-state index in [4.69, 9.17) is 14.5 Å². The molecule has 0 aliphatic heterocycles. The second-order valence-electron chi connectivity index (χ2n) is 6.52. The summed E-state index contributed by atoms with van der Waals surface area (Å²) in [6, 6.07) is 15.7. The number of hydrogen-bond acceptors (Lipinski definition) is 4. The van der Waals surface area contributed by atoms with Gasteiger partial charge in [0.1, 0.15) is 12.4 Å². The zero-order valence-corrected chi connectivity index (χ0v) is 16.5. The van der Waals surface area contributed by atoms with E-state index in [1.54, 1.807) is 7.11 Å². The van der Waals surface area contributed by atoms with Gasteiger partial charge in [-0.25, -0.2) is 4.98 Å². The lowest BCUT2D eigenvalue weighted by Crippen LogP contribution is -2.26. The van der Waals surface area contributed by atoms with Crippen LogP contribution in [0.2, 0.25) is 0 Å². The fraction of sp³-hybridized carbons (Fsp3) is 0.364. The fourth-order valence-electron chi connectivity index (χ4n) is 3.18. The number of nitrogens with one attached hydrogen (secondary N) is 1. The molecule has 28 heavy (non-hydrogen) atoms. The van der Waals surface area contributed by atoms with E-state index in [-0.39, 0.29) is 5.91 Å². The van der Waals surface area contributed by atoms with Crippen LogP contribution in [-0.2, 0) is 17.8 Å². The summed E-state index contributed by atoms with van der Waals surface area (Å²) in [5.41, 5.74) is 2.02. The van der Waals surface area contributed by atoms with Crippen LogP contribution < -0.4 is 14.8 Å². The van der Waals surface area contributed by atoms with Crippen LogP contribution in [0.3, 0.4) is 0 Å². The number of carbonyl (C=O) groups is 1. The average molecular weight is 381 g/mol. The molecule has 0 spiro atoms. The highest BCUT2D eigenvalue weighted by Gasteiger charge is 2.11. The summed E-state index contributed by atoms with van der Waals surface area (Å²) in [6.45, 7) is 3.74. The van der Waals surface area contributed by atoms with E-state index in [0.717, 1.165) is 34.8 Å². The first-order chi connectivity index (χ1) is 13.7. The van der Waals surface area contributed by atoms with Crippen molar-refractivity contribution in [2.24, 2.45) is 0 Å². The molecule has 6 nitrogen and oxygen atoms in total. The van der Waals surface area contributed by atoms with Crippen molar-refractivity contribution in [2.45, 2.75) is 32.7 Å². The maximum Gasteiger partial charge on any atom is 0.219 e. The number of methoxy groups -OCH3 is 1. The van der Waals surface area contributed by atoms with Gasteiger partial charge in [-0.15, -0.1) is 0 Å². The Morgan fingerprint density at radius 3 is 2.64 bits per heavy atom. The number of para-hydroxylation sites is 4. The number of amides is 1. The highest BCUT2D eigenvalue weighted by Crippen LogP contribution is 2.26. The molecule has 0 fully saturated rings. The van der Waals surface area contributed by atoms with Gasteiger partial charge in [0.15, 0.2) is 11.5 Å². The SMILES string of the molecule is CCCC(=O)NCCc1nc2ccccc2n1CCOc1ccccc1OC. The molecule has 0 saturated carbocycles. The number of hydrogen-bond donors (Lipinski definition) is 1. The smallest absolute Gasteiger partial charge is 0.219 e. The largest absolute Gasteiger partial charge is 0.493 e. The number of fused-ring (bicyclic) bond motifs is 1. The van der Waals surface area contributed by atoms with E-state index in [0.29, 0.717) is 32.5 Å². The number of nitrogens with zero attached hydrogens (tertiary/aromatic N) is 2. The molecule has 2 aromatic carbocycles. The van der Waals surface area contributed by atoms with Gasteiger partial charge in [0.05, 0.1) is 24.7 Å². The molecule has 0 bridgehead atoms. The molecule has 1 aromatic heterocycles. The minimum absolute atomic E-state index is 0.0877. The molecular formula is C22H27N3O3. The van der Waals surface area contributed by atoms with E-state index >= 15 is 0 Å². The molecule has 1 amide bonds. The van der Waals surface area contributed by atoms with Gasteiger partial charge in [-0.3, -0.25) is 4.79 Å². The highest BCUT2D eigenvalue weighted by molar-refractivity contribution is 5.76. The molecule has 0 atom stereocenters. The monoisotopic (exact) mass is 381 g/mol. The average Bonchev–Trinajstić information content (AvgIpc) is 3.06. The topological polar surface area (TPSA) is 65.4 Å². The minimum Gasteiger partial charge on any atom is -0.493 e. The summed E-state index contributed by atoms with van der Waals surface area (Å²) in [5, 5.41) is 2.96. The van der Waals surface area contributed by atoms with Gasteiger partial charge in [-0.05, 0) is 30.7 Å². The van der Waals surface area contributed by atoms with E-state index < -0.39 is 0 Å². The van der Waals surface area contributed by atoms with Crippen molar-refractivity contribution in [2.75, 3.05) is 20.3 Å². The number of ether oxygens (including phenoxy) is 2. The van der Waals surface area contributed by atoms with Crippen molar-refractivity contribution in [1.29, 1.82) is 0 Å². The lowest BCUT2D eigenvalue weighted by Gasteiger charge is -2.13. The Balaban J connectivity index is 1.69. The maximum absolute atomic E-state index is 11.7. The quantitative estimate of drug-likeness (QED) is 0.583. The Bertz CT molecular complexity index is 920. The van der Waals surface area contributed by atoms with Crippen LogP contribution in [0.4, 0.5) is 0 Å². The molecule has 1 N–H and O–H groups in total. The van der Waals surface area contributed by atoms with Crippen molar-refractivity contribution < 1.29 is 14.3 Å². The van der Waals surface area contributed by atoms with E-state index in [1.165, 1.54) is 0 Å². The van der Waals surface area contributed by atoms with Gasteiger partial charge in [0.2, 0.25) is 5.91 Å². The summed E-state index contributed by atoms with van der Waals surface area (Å²) in [6.07, 6.45) is 2.09. The van der Waals surface area contributed by atoms with Crippen LogP contribution in [0.5, 0.6) is 11.5 Å². The molecule has 0 radical (unpaired) electrons. The Morgan fingerprint density at radius 1 is 1.11 bits per heavy atom. The summed E-state index contributed by atoms with van der Waals surface area (Å²) < 4.78 is 13.4. The summed E-state index contributed by atoms with van der Waals surface area (Å²) >= 11 is 0. The normalized spacial score (nSPS) is 10.8. The molecule has 3 aromatic rings. The zero-order valence-electron chi connectivity index (χ0n) is 16.5. The van der Waals surface area contributed by atoms with E-state index in [2.05, 4.69) is 16.0 Å². The maximum atomic E-state index is 11.7. The van der Waals surface area contributed by atoms with Gasteiger partial charge >= 0.3 is 0 Å². The number of benzene rings is 2. The molecule has 0 saturated heterocycles. The summed E-state index contributed by atoms with van der Waals surface area (Å²) in [7, 11) is 1.64. The Morgan fingerprint density at radius 2 is 1.86 bits per heavy atom. The second kappa shape index (κ2) is 9.78. The molecule has 0 aliphatic carbocycles. The standard InChI is InChI=1S/C22H27N3O3/c1-3-8-22(26)23-14-13-21-24-17-9-4-5-10-18(17)25(21)15-16-28-20-12-7-6-11-19(20)27-2/h4-7,9-12H,3,8,13-16H2,1-2H3,(H,23,26). The summed E-state index contributed by atoms with van der Waals surface area (Å²) in [4.78, 5) is 16.5. The lowest BCUT2D eigenvalue weighted by atomic mass is 10.3. The highest BCUT2D eigenvalue weighted by atomic mass is 16.5. The second-order valence-corrected chi connectivity index (χ2v) is 6.52. The van der Waals surface area contributed by atoms with Gasteiger partial charge in [-0.2, -0.15) is 0 Å². The Hall–Kier alpha value is -3.02. The van der Waals surface area contributed by atoms with Gasteiger partial charge in [-0.1, -0.05) is 31.2 Å². The first-order valence-electron chi connectivity index (χ1n) is 9.69. The Labute approximate surface area is 165 Å². The minimum atomic E-state index is 0.0877. The van der Waals surface area contributed by atoms with E-state index in [1.807, 2.05) is 49.4 Å². The lowest BCUT2D eigenvalue weighted by molar-refractivity contribution is -0.121. The predicted molar refractivity (Wildman–Crippen MR) is 110 cm³/mol. The van der Waals surface area contributed by atoms with E-state index in [9.17, 15) is 4.79 Å². The van der Waals surface area contributed by atoms with Gasteiger partial charge < -0.3 is 19.4 Å². The first-order valence-corrected chi connectivity index (χ1v) is 9.69. The zero-order chi connectivity index (χ0) is 19.8.